The number of fused-ring (bicyclic) bond motifs is 1. The second-order valence-corrected chi connectivity index (χ2v) is 7.44. The van der Waals surface area contributed by atoms with Crippen LogP contribution < -0.4 is 5.56 Å². The van der Waals surface area contributed by atoms with Crippen LogP contribution in [0.25, 0.3) is 10.9 Å². The third-order valence-corrected chi connectivity index (χ3v) is 5.68. The maximum atomic E-state index is 12.5. The minimum absolute atomic E-state index is 0.0402. The number of rotatable bonds is 4. The number of carbonyl (C=O) groups excluding carboxylic acids is 2. The van der Waals surface area contributed by atoms with Gasteiger partial charge in [0.05, 0.1) is 18.0 Å². The molecule has 1 aliphatic rings. The third-order valence-electron chi connectivity index (χ3n) is 4.52. The number of benzene rings is 1. The lowest BCUT2D eigenvalue weighted by molar-refractivity contribution is -0.141. The van der Waals surface area contributed by atoms with Gasteiger partial charge >= 0.3 is 5.97 Å². The molecule has 1 atom stereocenters. The van der Waals surface area contributed by atoms with E-state index in [1.165, 1.54) is 23.4 Å². The van der Waals surface area contributed by atoms with Crippen molar-refractivity contribution in [3.05, 3.63) is 40.4 Å². The molecule has 1 aromatic carbocycles. The van der Waals surface area contributed by atoms with Crippen LogP contribution >= 0.6 is 11.8 Å². The predicted molar refractivity (Wildman–Crippen MR) is 100 cm³/mol. The molecule has 7 nitrogen and oxygen atoms in total. The van der Waals surface area contributed by atoms with Gasteiger partial charge in [-0.1, -0.05) is 12.1 Å². The van der Waals surface area contributed by atoms with Gasteiger partial charge in [0.25, 0.3) is 5.56 Å². The zero-order valence-electron chi connectivity index (χ0n) is 14.8. The van der Waals surface area contributed by atoms with Gasteiger partial charge in [-0.05, 0) is 12.1 Å². The van der Waals surface area contributed by atoms with Crippen molar-refractivity contribution >= 4 is 34.5 Å². The molecule has 1 aliphatic heterocycles. The molecule has 0 bridgehead atoms. The number of esters is 1. The fraction of sp³-hybridized carbons (Fsp3) is 0.444. The Labute approximate surface area is 155 Å². The first-order chi connectivity index (χ1) is 12.5. The number of amides is 1. The van der Waals surface area contributed by atoms with Gasteiger partial charge in [-0.25, -0.2) is 4.98 Å². The minimum atomic E-state index is -0.333. The van der Waals surface area contributed by atoms with Crippen molar-refractivity contribution in [1.29, 1.82) is 0 Å². The summed E-state index contributed by atoms with van der Waals surface area (Å²) >= 11 is 1.51. The van der Waals surface area contributed by atoms with Crippen LogP contribution in [0.4, 0.5) is 0 Å². The minimum Gasteiger partial charge on any atom is -0.468 e. The molecule has 1 fully saturated rings. The van der Waals surface area contributed by atoms with Crippen LogP contribution in [0.5, 0.6) is 0 Å². The van der Waals surface area contributed by atoms with Gasteiger partial charge in [0.15, 0.2) is 0 Å². The maximum absolute atomic E-state index is 12.5. The quantitative estimate of drug-likeness (QED) is 0.741. The van der Waals surface area contributed by atoms with Crippen LogP contribution in [0.2, 0.25) is 0 Å². The number of hydrogen-bond donors (Lipinski definition) is 0. The Bertz CT molecular complexity index is 896. The smallest absolute Gasteiger partial charge is 0.320 e. The molecule has 2 aromatic rings. The summed E-state index contributed by atoms with van der Waals surface area (Å²) in [5.74, 6) is 0.948. The van der Waals surface area contributed by atoms with Gasteiger partial charge in [0, 0.05) is 38.7 Å². The predicted octanol–water partition coefficient (Wildman–Crippen LogP) is 0.983. The summed E-state index contributed by atoms with van der Waals surface area (Å²) in [7, 11) is 3.03. The molecule has 26 heavy (non-hydrogen) atoms. The monoisotopic (exact) mass is 375 g/mol. The standard InChI is InChI=1S/C18H21N3O4S/c1-20-15(19-13-6-4-3-5-12(13)17(20)23)7-8-16(22)21-9-10-26-14(11-21)18(24)25-2/h3-6,14H,7-11H2,1-2H3/t14-/m1/s1. The fourth-order valence-electron chi connectivity index (χ4n) is 3.01. The van der Waals surface area contributed by atoms with E-state index >= 15 is 0 Å². The Balaban J connectivity index is 1.70. The van der Waals surface area contributed by atoms with Gasteiger partial charge in [-0.2, -0.15) is 0 Å². The van der Waals surface area contributed by atoms with Crippen LogP contribution in [-0.2, 0) is 27.8 Å². The number of thioether (sulfide) groups is 1. The first kappa shape index (κ1) is 18.4. The number of para-hydroxylation sites is 1. The fourth-order valence-corrected chi connectivity index (χ4v) is 4.14. The summed E-state index contributed by atoms with van der Waals surface area (Å²) < 4.78 is 6.27. The molecule has 1 saturated heterocycles. The summed E-state index contributed by atoms with van der Waals surface area (Å²) in [5, 5.41) is 0.236. The highest BCUT2D eigenvalue weighted by Gasteiger charge is 2.29. The second-order valence-electron chi connectivity index (χ2n) is 6.13. The molecule has 0 unspecified atom stereocenters. The lowest BCUT2D eigenvalue weighted by Crippen LogP contribution is -2.45. The summed E-state index contributed by atoms with van der Waals surface area (Å²) in [4.78, 5) is 42.9. The van der Waals surface area contributed by atoms with Crippen molar-refractivity contribution in [3.63, 3.8) is 0 Å². The van der Waals surface area contributed by atoms with E-state index in [0.717, 1.165) is 0 Å². The van der Waals surface area contributed by atoms with E-state index in [0.29, 0.717) is 42.0 Å². The molecule has 0 saturated carbocycles. The van der Waals surface area contributed by atoms with E-state index in [4.69, 9.17) is 4.74 Å². The van der Waals surface area contributed by atoms with E-state index in [-0.39, 0.29) is 29.1 Å². The second kappa shape index (κ2) is 7.90. The summed E-state index contributed by atoms with van der Waals surface area (Å²) in [6, 6.07) is 7.19. The Morgan fingerprint density at radius 1 is 1.35 bits per heavy atom. The number of ether oxygens (including phenoxy) is 1. The zero-order chi connectivity index (χ0) is 18.7. The summed E-state index contributed by atoms with van der Waals surface area (Å²) in [6.45, 7) is 0.974. The largest absolute Gasteiger partial charge is 0.468 e. The van der Waals surface area contributed by atoms with Gasteiger partial charge in [-0.3, -0.25) is 19.0 Å². The van der Waals surface area contributed by atoms with E-state index in [1.807, 2.05) is 6.07 Å². The molecule has 1 amide bonds. The number of aryl methyl sites for hydroxylation is 1. The lowest BCUT2D eigenvalue weighted by atomic mass is 10.2. The third kappa shape index (κ3) is 3.75. The molecule has 2 heterocycles. The molecule has 0 aliphatic carbocycles. The van der Waals surface area contributed by atoms with Gasteiger partial charge in [-0.15, -0.1) is 11.8 Å². The number of nitrogens with zero attached hydrogens (tertiary/aromatic N) is 3. The Hall–Kier alpha value is -2.35. The van der Waals surface area contributed by atoms with E-state index in [1.54, 1.807) is 30.1 Å². The number of hydrogen-bond acceptors (Lipinski definition) is 6. The highest BCUT2D eigenvalue weighted by molar-refractivity contribution is 8.00. The van der Waals surface area contributed by atoms with E-state index in [2.05, 4.69) is 4.98 Å². The van der Waals surface area contributed by atoms with Crippen LogP contribution in [0, 0.1) is 0 Å². The van der Waals surface area contributed by atoms with Crippen LogP contribution in [-0.4, -0.2) is 57.5 Å². The van der Waals surface area contributed by atoms with Gasteiger partial charge in [0.1, 0.15) is 11.1 Å². The van der Waals surface area contributed by atoms with Gasteiger partial charge in [0.2, 0.25) is 5.91 Å². The molecule has 0 spiro atoms. The molecule has 0 radical (unpaired) electrons. The van der Waals surface area contributed by atoms with Gasteiger partial charge < -0.3 is 9.64 Å². The van der Waals surface area contributed by atoms with Crippen molar-refractivity contribution in [2.75, 3.05) is 26.0 Å². The Kier molecular flexibility index (Phi) is 5.61. The number of methoxy groups -OCH3 is 1. The van der Waals surface area contributed by atoms with E-state index < -0.39 is 0 Å². The Morgan fingerprint density at radius 3 is 2.88 bits per heavy atom. The number of aromatic nitrogens is 2. The zero-order valence-corrected chi connectivity index (χ0v) is 15.6. The topological polar surface area (TPSA) is 81.5 Å². The average molecular weight is 375 g/mol. The van der Waals surface area contributed by atoms with E-state index in [9.17, 15) is 14.4 Å². The molecular weight excluding hydrogens is 354 g/mol. The number of carbonyl (C=O) groups is 2. The highest BCUT2D eigenvalue weighted by atomic mass is 32.2. The highest BCUT2D eigenvalue weighted by Crippen LogP contribution is 2.20. The maximum Gasteiger partial charge on any atom is 0.320 e. The van der Waals surface area contributed by atoms with Crippen molar-refractivity contribution in [2.45, 2.75) is 18.1 Å². The first-order valence-electron chi connectivity index (χ1n) is 8.43. The van der Waals surface area contributed by atoms with Crippen LogP contribution in [0.15, 0.2) is 29.1 Å². The van der Waals surface area contributed by atoms with Crippen molar-refractivity contribution in [1.82, 2.24) is 14.5 Å². The normalized spacial score (nSPS) is 17.3. The molecule has 8 heteroatoms. The molecule has 0 N–H and O–H groups in total. The SMILES string of the molecule is COC(=O)[C@H]1CN(C(=O)CCc2nc3ccccc3c(=O)n2C)CCS1. The average Bonchev–Trinajstić information content (AvgIpc) is 2.68. The Morgan fingerprint density at radius 2 is 2.12 bits per heavy atom. The molecule has 1 aromatic heterocycles. The summed E-state index contributed by atoms with van der Waals surface area (Å²) in [6.07, 6.45) is 0.624. The first-order valence-corrected chi connectivity index (χ1v) is 9.48. The van der Waals surface area contributed by atoms with Crippen molar-refractivity contribution in [3.8, 4) is 0 Å². The molecule has 3 rings (SSSR count). The summed E-state index contributed by atoms with van der Waals surface area (Å²) in [5.41, 5.74) is 0.524. The van der Waals surface area contributed by atoms with Crippen LogP contribution in [0.1, 0.15) is 12.2 Å². The van der Waals surface area contributed by atoms with Crippen molar-refractivity contribution in [2.24, 2.45) is 7.05 Å². The lowest BCUT2D eigenvalue weighted by Gasteiger charge is -2.31. The molecule has 138 valence electrons. The van der Waals surface area contributed by atoms with Crippen LogP contribution in [0.3, 0.4) is 0 Å². The van der Waals surface area contributed by atoms with Crippen molar-refractivity contribution < 1.29 is 14.3 Å². The molecular formula is C18H21N3O4S.